The molecule has 0 aliphatic carbocycles. The smallest absolute Gasteiger partial charge is 0.306 e. The van der Waals surface area contributed by atoms with Gasteiger partial charge in [0.2, 0.25) is 0 Å². The Bertz CT molecular complexity index is 477. The van der Waals surface area contributed by atoms with Gasteiger partial charge in [0, 0.05) is 12.8 Å². The van der Waals surface area contributed by atoms with Crippen LogP contribution in [0, 0.1) is 0 Å². The number of aliphatic carboxylic acids is 1. The van der Waals surface area contributed by atoms with Crippen molar-refractivity contribution in [1.29, 1.82) is 0 Å². The van der Waals surface area contributed by atoms with E-state index in [2.05, 4.69) is 13.8 Å². The molecule has 4 nitrogen and oxygen atoms in total. The summed E-state index contributed by atoms with van der Waals surface area (Å²) >= 11 is 0. The van der Waals surface area contributed by atoms with Crippen molar-refractivity contribution in [1.82, 2.24) is 0 Å². The molecule has 0 saturated carbocycles. The zero-order chi connectivity index (χ0) is 26.5. The monoisotopic (exact) mass is 510 g/mol. The summed E-state index contributed by atoms with van der Waals surface area (Å²) in [5.74, 6) is -0.856. The molecule has 4 heteroatoms. The quantitative estimate of drug-likeness (QED) is 0.0802. The molecule has 0 aromatic rings. The summed E-state index contributed by atoms with van der Waals surface area (Å²) < 4.78 is 5.78. The van der Waals surface area contributed by atoms with Gasteiger partial charge in [-0.1, -0.05) is 142 Å². The van der Waals surface area contributed by atoms with Crippen molar-refractivity contribution in [2.24, 2.45) is 0 Å². The second-order valence-corrected chi connectivity index (χ2v) is 11.0. The predicted molar refractivity (Wildman–Crippen MR) is 154 cm³/mol. The first kappa shape index (κ1) is 34.9. The Labute approximate surface area is 224 Å². The highest BCUT2D eigenvalue weighted by molar-refractivity contribution is 5.69. The largest absolute Gasteiger partial charge is 0.481 e. The molecule has 0 radical (unpaired) electrons. The summed E-state index contributed by atoms with van der Waals surface area (Å²) in [5.41, 5.74) is 0. The van der Waals surface area contributed by atoms with Crippen LogP contribution in [0.1, 0.15) is 187 Å². The standard InChI is InChI=1S/C32H62O4/c1-3-5-7-9-11-13-15-17-19-21-23-26-30(27-25-28-31(33)34)36-32(35)29-24-22-20-18-16-14-12-10-8-6-4-2/h30H,3-29H2,1-2H3,(H,33,34). The van der Waals surface area contributed by atoms with Gasteiger partial charge in [-0.2, -0.15) is 0 Å². The molecule has 214 valence electrons. The SMILES string of the molecule is CCCCCCCCCCCCCC(=O)OC(CCCCCCCCCCCCC)CCCC(=O)O. The van der Waals surface area contributed by atoms with E-state index in [9.17, 15) is 9.59 Å². The van der Waals surface area contributed by atoms with Gasteiger partial charge in [0.25, 0.3) is 0 Å². The summed E-state index contributed by atoms with van der Waals surface area (Å²) in [4.78, 5) is 23.3. The lowest BCUT2D eigenvalue weighted by Gasteiger charge is -2.18. The number of ether oxygens (including phenoxy) is 1. The molecule has 0 aromatic heterocycles. The highest BCUT2D eigenvalue weighted by Crippen LogP contribution is 2.18. The molecule has 1 atom stereocenters. The second kappa shape index (κ2) is 28.5. The minimum atomic E-state index is -0.768. The molecule has 0 bridgehead atoms. The van der Waals surface area contributed by atoms with E-state index in [0.717, 1.165) is 25.7 Å². The third-order valence-corrected chi connectivity index (χ3v) is 7.33. The van der Waals surface area contributed by atoms with E-state index in [0.29, 0.717) is 19.3 Å². The lowest BCUT2D eigenvalue weighted by atomic mass is 10.0. The van der Waals surface area contributed by atoms with Crippen molar-refractivity contribution in [3.05, 3.63) is 0 Å². The number of carbonyl (C=O) groups is 2. The van der Waals surface area contributed by atoms with Crippen molar-refractivity contribution >= 4 is 11.9 Å². The minimum absolute atomic E-state index is 0.0886. The zero-order valence-electron chi connectivity index (χ0n) is 24.3. The summed E-state index contributed by atoms with van der Waals surface area (Å²) in [6.07, 6.45) is 31.0. The Morgan fingerprint density at radius 3 is 1.28 bits per heavy atom. The molecular formula is C32H62O4. The number of esters is 1. The maximum Gasteiger partial charge on any atom is 0.306 e. The van der Waals surface area contributed by atoms with E-state index in [1.54, 1.807) is 0 Å². The number of carboxylic acid groups (broad SMARTS) is 1. The number of unbranched alkanes of at least 4 members (excludes halogenated alkanes) is 20. The van der Waals surface area contributed by atoms with Crippen LogP contribution >= 0.6 is 0 Å². The fraction of sp³-hybridized carbons (Fsp3) is 0.938. The lowest BCUT2D eigenvalue weighted by molar-refractivity contribution is -0.150. The molecular weight excluding hydrogens is 448 g/mol. The second-order valence-electron chi connectivity index (χ2n) is 11.0. The average molecular weight is 511 g/mol. The van der Waals surface area contributed by atoms with Crippen molar-refractivity contribution < 1.29 is 19.4 Å². The first-order valence-corrected chi connectivity index (χ1v) is 16.0. The maximum absolute atomic E-state index is 12.4. The third kappa shape index (κ3) is 27.5. The van der Waals surface area contributed by atoms with Gasteiger partial charge in [-0.25, -0.2) is 0 Å². The van der Waals surface area contributed by atoms with Crippen LogP contribution in [0.25, 0.3) is 0 Å². The predicted octanol–water partition coefficient (Wildman–Crippen LogP) is 10.6. The fourth-order valence-corrected chi connectivity index (χ4v) is 4.96. The van der Waals surface area contributed by atoms with E-state index >= 15 is 0 Å². The van der Waals surface area contributed by atoms with Gasteiger partial charge in [0.15, 0.2) is 0 Å². The Balaban J connectivity index is 3.85. The van der Waals surface area contributed by atoms with Crippen molar-refractivity contribution in [3.8, 4) is 0 Å². The maximum atomic E-state index is 12.4. The zero-order valence-corrected chi connectivity index (χ0v) is 24.3. The van der Waals surface area contributed by atoms with Crippen LogP contribution in [0.5, 0.6) is 0 Å². The van der Waals surface area contributed by atoms with Crippen molar-refractivity contribution in [3.63, 3.8) is 0 Å². The van der Waals surface area contributed by atoms with E-state index in [1.807, 2.05) is 0 Å². The molecule has 0 spiro atoms. The fourth-order valence-electron chi connectivity index (χ4n) is 4.96. The number of hydrogen-bond donors (Lipinski definition) is 1. The molecule has 0 fully saturated rings. The van der Waals surface area contributed by atoms with E-state index in [-0.39, 0.29) is 18.5 Å². The summed E-state index contributed by atoms with van der Waals surface area (Å²) in [6, 6.07) is 0. The first-order chi connectivity index (χ1) is 17.6. The minimum Gasteiger partial charge on any atom is -0.481 e. The summed E-state index contributed by atoms with van der Waals surface area (Å²) in [5, 5.41) is 8.95. The Morgan fingerprint density at radius 1 is 0.500 bits per heavy atom. The number of carbonyl (C=O) groups excluding carboxylic acids is 1. The molecule has 0 aliphatic rings. The molecule has 1 unspecified atom stereocenters. The van der Waals surface area contributed by atoms with Crippen molar-refractivity contribution in [2.45, 2.75) is 193 Å². The van der Waals surface area contributed by atoms with E-state index in [1.165, 1.54) is 122 Å². The van der Waals surface area contributed by atoms with Gasteiger partial charge in [-0.3, -0.25) is 9.59 Å². The van der Waals surface area contributed by atoms with Crippen LogP contribution in [-0.4, -0.2) is 23.1 Å². The number of hydrogen-bond acceptors (Lipinski definition) is 3. The molecule has 0 saturated heterocycles. The van der Waals surface area contributed by atoms with Gasteiger partial charge < -0.3 is 9.84 Å². The average Bonchev–Trinajstić information content (AvgIpc) is 2.85. The summed E-state index contributed by atoms with van der Waals surface area (Å²) in [7, 11) is 0. The van der Waals surface area contributed by atoms with Gasteiger partial charge >= 0.3 is 11.9 Å². The van der Waals surface area contributed by atoms with Gasteiger partial charge in [-0.15, -0.1) is 0 Å². The van der Waals surface area contributed by atoms with Crippen LogP contribution in [0.2, 0.25) is 0 Å². The summed E-state index contributed by atoms with van der Waals surface area (Å²) in [6.45, 7) is 4.52. The van der Waals surface area contributed by atoms with Crippen LogP contribution in [0.3, 0.4) is 0 Å². The van der Waals surface area contributed by atoms with Gasteiger partial charge in [0.1, 0.15) is 6.10 Å². The van der Waals surface area contributed by atoms with Crippen LogP contribution in [0.4, 0.5) is 0 Å². The highest BCUT2D eigenvalue weighted by Gasteiger charge is 2.15. The van der Waals surface area contributed by atoms with E-state index < -0.39 is 5.97 Å². The highest BCUT2D eigenvalue weighted by atomic mass is 16.5. The Morgan fingerprint density at radius 2 is 0.861 bits per heavy atom. The van der Waals surface area contributed by atoms with Crippen LogP contribution in [-0.2, 0) is 14.3 Å². The molecule has 0 heterocycles. The van der Waals surface area contributed by atoms with Crippen LogP contribution < -0.4 is 0 Å². The molecule has 1 N–H and O–H groups in total. The van der Waals surface area contributed by atoms with Gasteiger partial charge in [-0.05, 0) is 32.1 Å². The van der Waals surface area contributed by atoms with Crippen LogP contribution in [0.15, 0.2) is 0 Å². The molecule has 0 rings (SSSR count). The Hall–Kier alpha value is -1.06. The third-order valence-electron chi connectivity index (χ3n) is 7.33. The van der Waals surface area contributed by atoms with Gasteiger partial charge in [0.05, 0.1) is 0 Å². The molecule has 36 heavy (non-hydrogen) atoms. The topological polar surface area (TPSA) is 63.6 Å². The Kier molecular flexibility index (Phi) is 27.7. The first-order valence-electron chi connectivity index (χ1n) is 16.0. The molecule has 0 aliphatic heterocycles. The molecule has 0 aromatic carbocycles. The normalized spacial score (nSPS) is 12.1. The molecule has 0 amide bonds. The lowest BCUT2D eigenvalue weighted by Crippen LogP contribution is -2.18. The van der Waals surface area contributed by atoms with Crippen molar-refractivity contribution in [2.75, 3.05) is 0 Å². The number of carboxylic acids is 1. The number of rotatable bonds is 29. The van der Waals surface area contributed by atoms with E-state index in [4.69, 9.17) is 9.84 Å².